The molecule has 1 saturated carbocycles. The monoisotopic (exact) mass is 369 g/mol. The summed E-state index contributed by atoms with van der Waals surface area (Å²) in [6.07, 6.45) is 6.33. The fraction of sp³-hybridized carbons (Fsp3) is 0.350. The second kappa shape index (κ2) is 7.80. The minimum atomic E-state index is 0.507. The fourth-order valence-corrected chi connectivity index (χ4v) is 4.21. The molecule has 0 bridgehead atoms. The Hall–Kier alpha value is -1.86. The van der Waals surface area contributed by atoms with E-state index in [9.17, 15) is 0 Å². The van der Waals surface area contributed by atoms with Crippen molar-refractivity contribution in [3.63, 3.8) is 0 Å². The summed E-state index contributed by atoms with van der Waals surface area (Å²) in [7, 11) is 0. The van der Waals surface area contributed by atoms with E-state index in [4.69, 9.17) is 15.2 Å². The summed E-state index contributed by atoms with van der Waals surface area (Å²) < 4.78 is 7.22. The van der Waals surface area contributed by atoms with Crippen molar-refractivity contribution in [2.45, 2.75) is 50.0 Å². The zero-order valence-corrected chi connectivity index (χ0v) is 15.7. The van der Waals surface area contributed by atoms with Crippen molar-refractivity contribution in [3.05, 3.63) is 48.0 Å². The topological polar surface area (TPSA) is 62.3 Å². The van der Waals surface area contributed by atoms with Crippen molar-refractivity contribution < 1.29 is 9.32 Å². The zero-order chi connectivity index (χ0) is 17.9. The van der Waals surface area contributed by atoms with Crippen molar-refractivity contribution in [1.82, 2.24) is 9.55 Å². The van der Waals surface area contributed by atoms with Gasteiger partial charge in [-0.1, -0.05) is 49.1 Å². The molecule has 0 spiro atoms. The normalized spacial score (nSPS) is 15.6. The third kappa shape index (κ3) is 3.50. The van der Waals surface area contributed by atoms with E-state index in [2.05, 4.69) is 46.8 Å². The highest BCUT2D eigenvalue weighted by Crippen LogP contribution is 2.37. The first-order chi connectivity index (χ1) is 12.8. The Labute approximate surface area is 157 Å². The molecule has 2 aromatic carbocycles. The predicted molar refractivity (Wildman–Crippen MR) is 104 cm³/mol. The van der Waals surface area contributed by atoms with Crippen LogP contribution in [0.3, 0.4) is 0 Å². The first-order valence-electron chi connectivity index (χ1n) is 9.05. The first kappa shape index (κ1) is 17.5. The maximum absolute atomic E-state index is 4.98. The van der Waals surface area contributed by atoms with Gasteiger partial charge in [-0.2, -0.15) is 5.90 Å². The molecule has 0 aliphatic heterocycles. The molecule has 1 aliphatic carbocycles. The lowest BCUT2D eigenvalue weighted by molar-refractivity contribution is -0.195. The van der Waals surface area contributed by atoms with Crippen LogP contribution >= 0.6 is 12.0 Å². The zero-order valence-electron chi connectivity index (χ0n) is 14.9. The molecule has 1 heterocycles. The van der Waals surface area contributed by atoms with Gasteiger partial charge in [0.25, 0.3) is 0 Å². The first-order valence-corrected chi connectivity index (χ1v) is 9.79. The Bertz CT molecular complexity index is 886. The number of aryl methyl sites for hydroxylation is 1. The number of rotatable bonds is 5. The van der Waals surface area contributed by atoms with Crippen molar-refractivity contribution in [1.29, 1.82) is 0 Å². The number of benzene rings is 2. The largest absolute Gasteiger partial charge is 0.321 e. The highest BCUT2D eigenvalue weighted by atomic mass is 32.2. The summed E-state index contributed by atoms with van der Waals surface area (Å²) in [6, 6.07) is 15.3. The Morgan fingerprint density at radius 3 is 2.58 bits per heavy atom. The second-order valence-electron chi connectivity index (χ2n) is 6.86. The lowest BCUT2D eigenvalue weighted by Crippen LogP contribution is -2.13. The molecule has 0 radical (unpaired) electrons. The van der Waals surface area contributed by atoms with Crippen LogP contribution in [0.5, 0.6) is 0 Å². The van der Waals surface area contributed by atoms with Crippen LogP contribution in [0, 0.1) is 6.92 Å². The third-order valence-corrected chi connectivity index (χ3v) is 5.67. The summed E-state index contributed by atoms with van der Waals surface area (Å²) in [4.78, 5) is 10.1. The number of hydrogen-bond acceptors (Lipinski definition) is 5. The lowest BCUT2D eigenvalue weighted by Gasteiger charge is -2.25. The van der Waals surface area contributed by atoms with Crippen LogP contribution in [0.4, 0.5) is 0 Å². The summed E-state index contributed by atoms with van der Waals surface area (Å²) in [5.74, 6) is 5.99. The molecule has 0 unspecified atom stereocenters. The number of hydrogen-bond donors (Lipinski definition) is 1. The molecule has 3 aromatic rings. The van der Waals surface area contributed by atoms with Gasteiger partial charge >= 0.3 is 0 Å². The molecule has 5 nitrogen and oxygen atoms in total. The van der Waals surface area contributed by atoms with Crippen molar-refractivity contribution in [2.24, 2.45) is 5.90 Å². The summed E-state index contributed by atoms with van der Waals surface area (Å²) in [5, 5.41) is 0. The van der Waals surface area contributed by atoms with Gasteiger partial charge < -0.3 is 4.57 Å². The number of aromatic nitrogens is 2. The quantitative estimate of drug-likeness (QED) is 0.373. The van der Waals surface area contributed by atoms with Gasteiger partial charge in [0, 0.05) is 16.5 Å². The van der Waals surface area contributed by atoms with E-state index in [1.54, 1.807) is 0 Å². The second-order valence-corrected chi connectivity index (χ2v) is 7.64. The number of nitrogens with two attached hydrogens (primary N) is 1. The van der Waals surface area contributed by atoms with Crippen LogP contribution in [0.15, 0.2) is 47.4 Å². The number of nitrogens with zero attached hydrogens (tertiary/aromatic N) is 2. The lowest BCUT2D eigenvalue weighted by atomic mass is 9.95. The van der Waals surface area contributed by atoms with Gasteiger partial charge in [0.1, 0.15) is 5.82 Å². The molecule has 0 saturated heterocycles. The van der Waals surface area contributed by atoms with Crippen molar-refractivity contribution in [2.75, 3.05) is 0 Å². The molecule has 1 fully saturated rings. The van der Waals surface area contributed by atoms with Crippen LogP contribution < -0.4 is 5.90 Å². The molecule has 0 amide bonds. The highest BCUT2D eigenvalue weighted by Gasteiger charge is 2.22. The standard InChI is InChI=1S/C20H23N3O2S/c1-14-7-9-15(10-8-14)20-22-18-13-17(26-25-24-21)11-12-19(18)23(20)16-5-3-2-4-6-16/h7-13,16H,2-6,21H2,1H3. The molecule has 26 heavy (non-hydrogen) atoms. The van der Waals surface area contributed by atoms with E-state index in [1.807, 2.05) is 12.1 Å². The van der Waals surface area contributed by atoms with Gasteiger partial charge in [0.2, 0.25) is 0 Å². The molecule has 1 aromatic heterocycles. The van der Waals surface area contributed by atoms with Crippen LogP contribution in [0.1, 0.15) is 43.7 Å². The van der Waals surface area contributed by atoms with Gasteiger partial charge in [0.05, 0.1) is 23.1 Å². The highest BCUT2D eigenvalue weighted by molar-refractivity contribution is 7.94. The molecule has 4 rings (SSSR count). The van der Waals surface area contributed by atoms with E-state index in [0.29, 0.717) is 6.04 Å². The Balaban J connectivity index is 1.82. The number of imidazole rings is 1. The van der Waals surface area contributed by atoms with E-state index >= 15 is 0 Å². The van der Waals surface area contributed by atoms with Crippen molar-refractivity contribution >= 4 is 23.1 Å². The van der Waals surface area contributed by atoms with E-state index in [1.165, 1.54) is 43.2 Å². The molecule has 1 aliphatic rings. The Morgan fingerprint density at radius 1 is 1.08 bits per heavy atom. The van der Waals surface area contributed by atoms with Gasteiger partial charge in [-0.25, -0.2) is 4.98 Å². The van der Waals surface area contributed by atoms with Gasteiger partial charge in [0.15, 0.2) is 0 Å². The van der Waals surface area contributed by atoms with Crippen molar-refractivity contribution in [3.8, 4) is 11.4 Å². The third-order valence-electron chi connectivity index (χ3n) is 5.08. The van der Waals surface area contributed by atoms with E-state index in [0.717, 1.165) is 33.8 Å². The van der Waals surface area contributed by atoms with Crippen LogP contribution in [0.2, 0.25) is 0 Å². The van der Waals surface area contributed by atoms with Crippen LogP contribution in [-0.4, -0.2) is 9.55 Å². The molecule has 0 atom stereocenters. The Morgan fingerprint density at radius 2 is 1.85 bits per heavy atom. The van der Waals surface area contributed by atoms with Gasteiger partial charge in [-0.3, -0.25) is 0 Å². The minimum absolute atomic E-state index is 0.507. The molecular formula is C20H23N3O2S. The minimum Gasteiger partial charge on any atom is -0.321 e. The average Bonchev–Trinajstić information content (AvgIpc) is 3.06. The maximum Gasteiger partial charge on any atom is 0.141 e. The van der Waals surface area contributed by atoms with E-state index in [-0.39, 0.29) is 0 Å². The van der Waals surface area contributed by atoms with E-state index < -0.39 is 0 Å². The average molecular weight is 369 g/mol. The fourth-order valence-electron chi connectivity index (χ4n) is 3.80. The summed E-state index contributed by atoms with van der Waals surface area (Å²) in [6.45, 7) is 2.11. The SMILES string of the molecule is Cc1ccc(-c2nc3cc(SOON)ccc3n2C2CCCCC2)cc1. The molecular weight excluding hydrogens is 346 g/mol. The molecule has 136 valence electrons. The summed E-state index contributed by atoms with van der Waals surface area (Å²) >= 11 is 1.09. The molecule has 2 N–H and O–H groups in total. The van der Waals surface area contributed by atoms with Crippen LogP contribution in [-0.2, 0) is 9.32 Å². The van der Waals surface area contributed by atoms with Crippen LogP contribution in [0.25, 0.3) is 22.4 Å². The number of fused-ring (bicyclic) bond motifs is 1. The Kier molecular flexibility index (Phi) is 5.26. The predicted octanol–water partition coefficient (Wildman–Crippen LogP) is 5.35. The van der Waals surface area contributed by atoms with Gasteiger partial charge in [-0.15, -0.1) is 9.32 Å². The van der Waals surface area contributed by atoms with Gasteiger partial charge in [-0.05, 0) is 38.0 Å². The summed E-state index contributed by atoms with van der Waals surface area (Å²) in [5.41, 5.74) is 4.56. The maximum atomic E-state index is 4.98. The smallest absolute Gasteiger partial charge is 0.141 e. The molecule has 6 heteroatoms.